The smallest absolute Gasteiger partial charge is 0.200 e. The maximum atomic E-state index is 13.5. The van der Waals surface area contributed by atoms with Crippen LogP contribution in [0.1, 0.15) is 5.56 Å². The topological polar surface area (TPSA) is 61.8 Å². The third-order valence-corrected chi connectivity index (χ3v) is 2.65. The number of anilines is 3. The highest BCUT2D eigenvalue weighted by atomic mass is 19.2. The van der Waals surface area contributed by atoms with Gasteiger partial charge in [0, 0.05) is 0 Å². The van der Waals surface area contributed by atoms with Gasteiger partial charge in [-0.15, -0.1) is 0 Å². The molecule has 108 valence electrons. The first kappa shape index (κ1) is 14.6. The second-order valence-corrected chi connectivity index (χ2v) is 3.98. The Morgan fingerprint density at radius 2 is 1.43 bits per heavy atom. The lowest BCUT2D eigenvalue weighted by Crippen LogP contribution is -2.07. The number of hydrogen-bond acceptors (Lipinski definition) is 3. The van der Waals surface area contributed by atoms with E-state index in [0.717, 1.165) is 0 Å². The van der Waals surface area contributed by atoms with Gasteiger partial charge in [0.05, 0.1) is 23.0 Å². The first-order chi connectivity index (χ1) is 9.86. The number of rotatable bonds is 2. The van der Waals surface area contributed by atoms with E-state index in [2.05, 4.69) is 0 Å². The fraction of sp³-hybridized carbons (Fsp3) is 0. The molecule has 0 aromatic heterocycles. The van der Waals surface area contributed by atoms with E-state index in [-0.39, 0.29) is 16.9 Å². The molecular formula is C13H6F5N3. The number of nitrogens with one attached hydrogen (secondary N) is 1. The first-order valence-corrected chi connectivity index (χ1v) is 5.45. The summed E-state index contributed by atoms with van der Waals surface area (Å²) in [7, 11) is 0. The van der Waals surface area contributed by atoms with E-state index in [0.29, 0.717) is 0 Å². The van der Waals surface area contributed by atoms with Gasteiger partial charge in [-0.2, -0.15) is 5.26 Å². The van der Waals surface area contributed by atoms with Crippen molar-refractivity contribution in [3.8, 4) is 6.07 Å². The molecular weight excluding hydrogens is 293 g/mol. The molecule has 8 heteroatoms. The van der Waals surface area contributed by atoms with Crippen LogP contribution in [-0.4, -0.2) is 0 Å². The zero-order valence-electron chi connectivity index (χ0n) is 10.1. The molecule has 0 radical (unpaired) electrons. The highest BCUT2D eigenvalue weighted by Gasteiger charge is 2.26. The molecule has 0 spiro atoms. The predicted octanol–water partition coefficient (Wildman–Crippen LogP) is 3.58. The number of benzene rings is 2. The van der Waals surface area contributed by atoms with E-state index >= 15 is 0 Å². The van der Waals surface area contributed by atoms with E-state index in [1.807, 2.05) is 5.32 Å². The molecule has 0 saturated carbocycles. The predicted molar refractivity (Wildman–Crippen MR) is 65.1 cm³/mol. The van der Waals surface area contributed by atoms with Crippen molar-refractivity contribution in [2.24, 2.45) is 0 Å². The van der Waals surface area contributed by atoms with Gasteiger partial charge in [-0.05, 0) is 18.2 Å². The van der Waals surface area contributed by atoms with E-state index in [9.17, 15) is 22.0 Å². The molecule has 0 heterocycles. The van der Waals surface area contributed by atoms with Crippen molar-refractivity contribution in [2.45, 2.75) is 0 Å². The molecule has 0 unspecified atom stereocenters. The summed E-state index contributed by atoms with van der Waals surface area (Å²) < 4.78 is 66.0. The van der Waals surface area contributed by atoms with Crippen LogP contribution in [0.2, 0.25) is 0 Å². The molecule has 0 aliphatic rings. The number of hydrogen-bond donors (Lipinski definition) is 2. The fourth-order valence-electron chi connectivity index (χ4n) is 1.60. The highest BCUT2D eigenvalue weighted by molar-refractivity contribution is 5.74. The van der Waals surface area contributed by atoms with Crippen molar-refractivity contribution in [3.05, 3.63) is 52.8 Å². The lowest BCUT2D eigenvalue weighted by atomic mass is 10.1. The first-order valence-electron chi connectivity index (χ1n) is 5.45. The van der Waals surface area contributed by atoms with Crippen LogP contribution in [0.3, 0.4) is 0 Å². The molecule has 0 fully saturated rings. The third-order valence-electron chi connectivity index (χ3n) is 2.65. The summed E-state index contributed by atoms with van der Waals surface area (Å²) in [6.45, 7) is 0. The Balaban J connectivity index is 2.53. The minimum atomic E-state index is -2.25. The van der Waals surface area contributed by atoms with Crippen molar-refractivity contribution in [1.29, 1.82) is 5.26 Å². The lowest BCUT2D eigenvalue weighted by molar-refractivity contribution is 0.382. The van der Waals surface area contributed by atoms with Crippen molar-refractivity contribution in [1.82, 2.24) is 0 Å². The van der Waals surface area contributed by atoms with Gasteiger partial charge < -0.3 is 11.1 Å². The Hall–Kier alpha value is -2.82. The fourth-order valence-corrected chi connectivity index (χ4v) is 1.60. The lowest BCUT2D eigenvalue weighted by Gasteiger charge is -2.12. The van der Waals surface area contributed by atoms with Crippen LogP contribution in [0.4, 0.5) is 39.0 Å². The second kappa shape index (κ2) is 5.28. The maximum Gasteiger partial charge on any atom is 0.200 e. The molecule has 21 heavy (non-hydrogen) atoms. The SMILES string of the molecule is N#Cc1ccc(Nc2c(F)c(F)c(F)c(F)c2F)c(N)c1. The van der Waals surface area contributed by atoms with Crippen molar-refractivity contribution < 1.29 is 22.0 Å². The zero-order valence-corrected chi connectivity index (χ0v) is 10.1. The molecule has 3 nitrogen and oxygen atoms in total. The summed E-state index contributed by atoms with van der Waals surface area (Å²) in [6.07, 6.45) is 0. The molecule has 3 N–H and O–H groups in total. The van der Waals surface area contributed by atoms with Gasteiger partial charge in [0.25, 0.3) is 0 Å². The van der Waals surface area contributed by atoms with E-state index in [1.165, 1.54) is 18.2 Å². The summed E-state index contributed by atoms with van der Waals surface area (Å²) in [6, 6.07) is 5.43. The molecule has 0 aliphatic carbocycles. The number of nitrogens with zero attached hydrogens (tertiary/aromatic N) is 1. The Labute approximate surface area is 115 Å². The number of nitriles is 1. The molecule has 2 rings (SSSR count). The average Bonchev–Trinajstić information content (AvgIpc) is 2.48. The second-order valence-electron chi connectivity index (χ2n) is 3.98. The number of nitrogen functional groups attached to an aromatic ring is 1. The monoisotopic (exact) mass is 299 g/mol. The normalized spacial score (nSPS) is 10.3. The van der Waals surface area contributed by atoms with Crippen LogP contribution in [0.15, 0.2) is 18.2 Å². The van der Waals surface area contributed by atoms with Crippen LogP contribution in [-0.2, 0) is 0 Å². The van der Waals surface area contributed by atoms with Crippen molar-refractivity contribution in [2.75, 3.05) is 11.1 Å². The molecule has 0 aliphatic heterocycles. The van der Waals surface area contributed by atoms with Crippen LogP contribution < -0.4 is 11.1 Å². The van der Waals surface area contributed by atoms with Crippen LogP contribution in [0.25, 0.3) is 0 Å². The summed E-state index contributed by atoms with van der Waals surface area (Å²) in [4.78, 5) is 0. The Kier molecular flexibility index (Phi) is 3.67. The van der Waals surface area contributed by atoms with Gasteiger partial charge in [0.15, 0.2) is 23.3 Å². The Bertz CT molecular complexity index is 738. The van der Waals surface area contributed by atoms with Gasteiger partial charge in [-0.25, -0.2) is 22.0 Å². The minimum absolute atomic E-state index is 0.0852. The summed E-state index contributed by atoms with van der Waals surface area (Å²) in [5.41, 5.74) is 4.30. The van der Waals surface area contributed by atoms with Gasteiger partial charge in [-0.1, -0.05) is 0 Å². The molecule has 2 aromatic rings. The van der Waals surface area contributed by atoms with E-state index in [4.69, 9.17) is 11.0 Å². The largest absolute Gasteiger partial charge is 0.397 e. The molecule has 0 bridgehead atoms. The van der Waals surface area contributed by atoms with Crippen molar-refractivity contribution >= 4 is 17.1 Å². The third kappa shape index (κ3) is 2.45. The van der Waals surface area contributed by atoms with Gasteiger partial charge in [0.1, 0.15) is 5.69 Å². The van der Waals surface area contributed by atoms with Gasteiger partial charge in [-0.3, -0.25) is 0 Å². The molecule has 0 saturated heterocycles. The molecule has 0 atom stereocenters. The van der Waals surface area contributed by atoms with Crippen LogP contribution >= 0.6 is 0 Å². The minimum Gasteiger partial charge on any atom is -0.397 e. The van der Waals surface area contributed by atoms with Gasteiger partial charge in [0.2, 0.25) is 5.82 Å². The molecule has 2 aromatic carbocycles. The summed E-state index contributed by atoms with van der Waals surface area (Å²) in [5, 5.41) is 10.7. The molecule has 0 amide bonds. The summed E-state index contributed by atoms with van der Waals surface area (Å²) in [5.74, 6) is -10.4. The van der Waals surface area contributed by atoms with Crippen molar-refractivity contribution in [3.63, 3.8) is 0 Å². The number of nitrogens with two attached hydrogens (primary N) is 1. The zero-order chi connectivity index (χ0) is 15.7. The van der Waals surface area contributed by atoms with E-state index in [1.54, 1.807) is 6.07 Å². The maximum absolute atomic E-state index is 13.5. The quantitative estimate of drug-likeness (QED) is 0.385. The standard InChI is InChI=1S/C13H6F5N3/c14-8-9(15)11(17)13(12(18)10(8)16)21-7-2-1-5(4-19)3-6(7)20/h1-3,21H,20H2. The Morgan fingerprint density at radius 1 is 0.905 bits per heavy atom. The van der Waals surface area contributed by atoms with Gasteiger partial charge >= 0.3 is 0 Å². The van der Waals surface area contributed by atoms with Crippen LogP contribution in [0, 0.1) is 40.4 Å². The summed E-state index contributed by atoms with van der Waals surface area (Å²) >= 11 is 0. The highest BCUT2D eigenvalue weighted by Crippen LogP contribution is 2.31. The average molecular weight is 299 g/mol. The number of halogens is 5. The Morgan fingerprint density at radius 3 is 1.90 bits per heavy atom. The van der Waals surface area contributed by atoms with E-state index < -0.39 is 34.8 Å². The van der Waals surface area contributed by atoms with Crippen LogP contribution in [0.5, 0.6) is 0 Å².